The Bertz CT molecular complexity index is 324. The summed E-state index contributed by atoms with van der Waals surface area (Å²) in [5, 5.41) is 10.6. The number of hydrogen-bond acceptors (Lipinski definition) is 3. The second kappa shape index (κ2) is 5.67. The van der Waals surface area contributed by atoms with Crippen molar-refractivity contribution in [2.75, 3.05) is 7.05 Å². The third-order valence-corrected chi connectivity index (χ3v) is 4.31. The Morgan fingerprint density at radius 3 is 2.22 bits per heavy atom. The third kappa shape index (κ3) is 3.00. The van der Waals surface area contributed by atoms with E-state index in [-0.39, 0.29) is 16.7 Å². The second-order valence-electron chi connectivity index (χ2n) is 5.64. The molecule has 1 amide bonds. The van der Waals surface area contributed by atoms with E-state index in [1.54, 1.807) is 4.90 Å². The minimum Gasteiger partial charge on any atom is -0.342 e. The molecule has 102 valence electrons. The minimum atomic E-state index is -0.617. The van der Waals surface area contributed by atoms with Gasteiger partial charge in [0, 0.05) is 24.4 Å². The molecule has 0 aromatic carbocycles. The summed E-state index contributed by atoms with van der Waals surface area (Å²) in [5.74, 6) is -0.363. The molecule has 0 aliphatic heterocycles. The summed E-state index contributed by atoms with van der Waals surface area (Å²) in [5.41, 5.74) is 0. The first-order valence-corrected chi connectivity index (χ1v) is 7.01. The number of nitro groups is 1. The van der Waals surface area contributed by atoms with Gasteiger partial charge in [-0.05, 0) is 12.8 Å². The molecule has 18 heavy (non-hydrogen) atoms. The van der Waals surface area contributed by atoms with Crippen molar-refractivity contribution in [3.05, 3.63) is 10.1 Å². The third-order valence-electron chi connectivity index (χ3n) is 4.31. The van der Waals surface area contributed by atoms with Crippen molar-refractivity contribution in [1.82, 2.24) is 4.90 Å². The Morgan fingerprint density at radius 1 is 1.17 bits per heavy atom. The van der Waals surface area contributed by atoms with E-state index >= 15 is 0 Å². The minimum absolute atomic E-state index is 0.0118. The molecular weight excluding hydrogens is 232 g/mol. The van der Waals surface area contributed by atoms with Crippen LogP contribution < -0.4 is 0 Å². The first-order chi connectivity index (χ1) is 8.61. The average molecular weight is 254 g/mol. The molecule has 0 saturated heterocycles. The Labute approximate surface area is 108 Å². The van der Waals surface area contributed by atoms with Gasteiger partial charge in [-0.1, -0.05) is 32.1 Å². The van der Waals surface area contributed by atoms with E-state index in [9.17, 15) is 14.9 Å². The fraction of sp³-hybridized carbons (Fsp3) is 0.923. The van der Waals surface area contributed by atoms with Crippen molar-refractivity contribution in [3.63, 3.8) is 0 Å². The fourth-order valence-electron chi connectivity index (χ4n) is 2.94. The SMILES string of the molecule is CN(C(=O)[C@H]1C[C@@H]1[N+](=O)[O-])C1CCCCCCC1. The predicted octanol–water partition coefficient (Wildman–Crippen LogP) is 2.22. The van der Waals surface area contributed by atoms with E-state index in [2.05, 4.69) is 0 Å². The van der Waals surface area contributed by atoms with Gasteiger partial charge < -0.3 is 4.90 Å². The molecule has 5 nitrogen and oxygen atoms in total. The lowest BCUT2D eigenvalue weighted by Crippen LogP contribution is -2.39. The van der Waals surface area contributed by atoms with Gasteiger partial charge in [-0.25, -0.2) is 0 Å². The summed E-state index contributed by atoms with van der Waals surface area (Å²) in [6.07, 6.45) is 8.69. The Kier molecular flexibility index (Phi) is 4.19. The van der Waals surface area contributed by atoms with Gasteiger partial charge >= 0.3 is 0 Å². The van der Waals surface area contributed by atoms with Crippen LogP contribution in [0.2, 0.25) is 0 Å². The maximum absolute atomic E-state index is 12.1. The van der Waals surface area contributed by atoms with Crippen LogP contribution in [0.25, 0.3) is 0 Å². The summed E-state index contributed by atoms with van der Waals surface area (Å²) in [6.45, 7) is 0. The summed E-state index contributed by atoms with van der Waals surface area (Å²) in [7, 11) is 1.82. The quantitative estimate of drug-likeness (QED) is 0.573. The first kappa shape index (κ1) is 13.3. The highest BCUT2D eigenvalue weighted by atomic mass is 16.6. The lowest BCUT2D eigenvalue weighted by Gasteiger charge is -2.29. The van der Waals surface area contributed by atoms with E-state index < -0.39 is 6.04 Å². The highest BCUT2D eigenvalue weighted by molar-refractivity contribution is 5.82. The number of carbonyl (C=O) groups excluding carboxylic acids is 1. The molecule has 0 bridgehead atoms. The summed E-state index contributed by atoms with van der Waals surface area (Å²) >= 11 is 0. The molecule has 2 fully saturated rings. The number of hydrogen-bond donors (Lipinski definition) is 0. The van der Waals surface area contributed by atoms with Crippen LogP contribution in [0.5, 0.6) is 0 Å². The number of rotatable bonds is 3. The van der Waals surface area contributed by atoms with Crippen molar-refractivity contribution in [1.29, 1.82) is 0 Å². The van der Waals surface area contributed by atoms with Gasteiger partial charge in [-0.2, -0.15) is 0 Å². The highest BCUT2D eigenvalue weighted by Gasteiger charge is 2.54. The van der Waals surface area contributed by atoms with Crippen molar-refractivity contribution in [3.8, 4) is 0 Å². The van der Waals surface area contributed by atoms with Crippen LogP contribution in [0.3, 0.4) is 0 Å². The van der Waals surface area contributed by atoms with E-state index in [1.165, 1.54) is 32.1 Å². The van der Waals surface area contributed by atoms with Crippen molar-refractivity contribution >= 4 is 5.91 Å². The van der Waals surface area contributed by atoms with E-state index in [1.807, 2.05) is 7.05 Å². The maximum Gasteiger partial charge on any atom is 0.232 e. The van der Waals surface area contributed by atoms with Crippen LogP contribution in [0.4, 0.5) is 0 Å². The predicted molar refractivity (Wildman–Crippen MR) is 67.8 cm³/mol. The molecule has 0 heterocycles. The lowest BCUT2D eigenvalue weighted by atomic mass is 9.95. The molecule has 0 unspecified atom stereocenters. The largest absolute Gasteiger partial charge is 0.342 e. The molecule has 2 aliphatic rings. The van der Waals surface area contributed by atoms with Crippen LogP contribution in [-0.2, 0) is 4.79 Å². The number of amides is 1. The van der Waals surface area contributed by atoms with Crippen molar-refractivity contribution in [2.24, 2.45) is 5.92 Å². The molecule has 0 aromatic heterocycles. The van der Waals surface area contributed by atoms with E-state index in [0.717, 1.165) is 12.8 Å². The average Bonchev–Trinajstić information content (AvgIpc) is 3.06. The van der Waals surface area contributed by atoms with E-state index in [4.69, 9.17) is 0 Å². The van der Waals surface area contributed by atoms with Crippen LogP contribution in [-0.4, -0.2) is 34.9 Å². The van der Waals surface area contributed by atoms with Gasteiger partial charge in [0.15, 0.2) is 0 Å². The second-order valence-corrected chi connectivity index (χ2v) is 5.64. The van der Waals surface area contributed by atoms with Gasteiger partial charge in [0.2, 0.25) is 11.9 Å². The smallest absolute Gasteiger partial charge is 0.232 e. The molecule has 2 rings (SSSR count). The van der Waals surface area contributed by atoms with Crippen LogP contribution >= 0.6 is 0 Å². The Morgan fingerprint density at radius 2 is 1.72 bits per heavy atom. The molecule has 0 aromatic rings. The molecular formula is C13H22N2O3. The fourth-order valence-corrected chi connectivity index (χ4v) is 2.94. The maximum atomic E-state index is 12.1. The topological polar surface area (TPSA) is 63.5 Å². The molecule has 5 heteroatoms. The lowest BCUT2D eigenvalue weighted by molar-refractivity contribution is -0.497. The number of carbonyl (C=O) groups is 1. The van der Waals surface area contributed by atoms with Gasteiger partial charge in [0.25, 0.3) is 0 Å². The van der Waals surface area contributed by atoms with Gasteiger partial charge in [0.1, 0.15) is 5.92 Å². The highest BCUT2D eigenvalue weighted by Crippen LogP contribution is 2.35. The van der Waals surface area contributed by atoms with Crippen molar-refractivity contribution in [2.45, 2.75) is 63.5 Å². The molecule has 0 radical (unpaired) electrons. The molecule has 2 aliphatic carbocycles. The zero-order valence-corrected chi connectivity index (χ0v) is 11.0. The number of nitrogens with zero attached hydrogens (tertiary/aromatic N) is 2. The molecule has 2 saturated carbocycles. The molecule has 2 atom stereocenters. The molecule has 0 N–H and O–H groups in total. The monoisotopic (exact) mass is 254 g/mol. The van der Waals surface area contributed by atoms with Gasteiger partial charge in [-0.3, -0.25) is 14.9 Å². The van der Waals surface area contributed by atoms with Crippen LogP contribution in [0.15, 0.2) is 0 Å². The summed E-state index contributed by atoms with van der Waals surface area (Å²) in [4.78, 5) is 24.2. The van der Waals surface area contributed by atoms with Crippen LogP contribution in [0.1, 0.15) is 51.4 Å². The van der Waals surface area contributed by atoms with Crippen LogP contribution in [0, 0.1) is 16.0 Å². The summed E-state index contributed by atoms with van der Waals surface area (Å²) in [6, 6.07) is -0.320. The van der Waals surface area contributed by atoms with E-state index in [0.29, 0.717) is 12.5 Å². The van der Waals surface area contributed by atoms with Crippen molar-refractivity contribution < 1.29 is 9.72 Å². The summed E-state index contributed by atoms with van der Waals surface area (Å²) < 4.78 is 0. The normalized spacial score (nSPS) is 29.2. The van der Waals surface area contributed by atoms with Gasteiger partial charge in [-0.15, -0.1) is 0 Å². The first-order valence-electron chi connectivity index (χ1n) is 7.01. The van der Waals surface area contributed by atoms with Gasteiger partial charge in [0.05, 0.1) is 0 Å². The zero-order chi connectivity index (χ0) is 13.1. The zero-order valence-electron chi connectivity index (χ0n) is 11.0. The Balaban J connectivity index is 1.87. The standard InChI is InChI=1S/C13H22N2O3/c1-14(10-7-5-3-2-4-6-8-10)13(16)11-9-12(11)15(17)18/h10-12H,2-9H2,1H3/t11-,12-/m0/s1. The Hall–Kier alpha value is -1.13. The molecule has 0 spiro atoms.